The molecule has 218 valence electrons. The van der Waals surface area contributed by atoms with Crippen LogP contribution >= 0.6 is 0 Å². The number of rotatable bonds is 3. The van der Waals surface area contributed by atoms with E-state index in [4.69, 9.17) is 9.97 Å². The topological polar surface area (TPSA) is 30.7 Å². The largest absolute Gasteiger partial charge is 0.309 e. The zero-order valence-corrected chi connectivity index (χ0v) is 25.8. The highest BCUT2D eigenvalue weighted by Crippen LogP contribution is 2.52. The normalized spacial score (nSPS) is 13.2. The fraction of sp³-hybridized carbons (Fsp3) is 0.0698. The molecule has 0 N–H and O–H groups in total. The first kappa shape index (κ1) is 26.6. The molecular formula is C43H31N3. The van der Waals surface area contributed by atoms with Crippen LogP contribution in [0.1, 0.15) is 25.0 Å². The lowest BCUT2D eigenvalue weighted by molar-refractivity contribution is 0.646. The van der Waals surface area contributed by atoms with E-state index in [0.29, 0.717) is 0 Å². The van der Waals surface area contributed by atoms with Gasteiger partial charge in [0.1, 0.15) is 0 Å². The van der Waals surface area contributed by atoms with Crippen molar-refractivity contribution in [1.29, 1.82) is 0 Å². The highest BCUT2D eigenvalue weighted by Gasteiger charge is 2.36. The number of hydrogen-bond donors (Lipinski definition) is 0. The Kier molecular flexibility index (Phi) is 5.85. The van der Waals surface area contributed by atoms with Crippen molar-refractivity contribution >= 4 is 21.8 Å². The van der Waals surface area contributed by atoms with Gasteiger partial charge >= 0.3 is 0 Å². The van der Waals surface area contributed by atoms with Gasteiger partial charge in [-0.05, 0) is 53.1 Å². The van der Waals surface area contributed by atoms with E-state index in [1.54, 1.807) is 0 Å². The fourth-order valence-electron chi connectivity index (χ4n) is 7.45. The van der Waals surface area contributed by atoms with Crippen LogP contribution in [-0.4, -0.2) is 14.5 Å². The number of aromatic nitrogens is 3. The van der Waals surface area contributed by atoms with Gasteiger partial charge in [0.05, 0.1) is 22.4 Å². The van der Waals surface area contributed by atoms with Crippen LogP contribution in [0.25, 0.3) is 72.5 Å². The standard InChI is InChI=1S/C43H31N3/c1-43(2)35-22-12-9-19-31(35)39-34-27-29(42-44-37-24-14-11-21-33(37)40(45-42)28-15-5-3-6-16-28)25-26-38(34)46(30-17-7-4-8-18-30)41(39)32-20-10-13-23-36(32)43/h3-27H,1-2H3. The molecule has 0 aliphatic heterocycles. The second kappa shape index (κ2) is 10.1. The van der Waals surface area contributed by atoms with Crippen LogP contribution < -0.4 is 0 Å². The number of hydrogen-bond acceptors (Lipinski definition) is 2. The minimum Gasteiger partial charge on any atom is -0.309 e. The Morgan fingerprint density at radius 2 is 1.15 bits per heavy atom. The summed E-state index contributed by atoms with van der Waals surface area (Å²) in [6.45, 7) is 4.70. The summed E-state index contributed by atoms with van der Waals surface area (Å²) in [6.07, 6.45) is 0. The summed E-state index contributed by atoms with van der Waals surface area (Å²) in [5, 5.41) is 2.24. The monoisotopic (exact) mass is 589 g/mol. The molecule has 0 radical (unpaired) electrons. The van der Waals surface area contributed by atoms with Gasteiger partial charge in [0, 0.05) is 44.1 Å². The highest BCUT2D eigenvalue weighted by atomic mass is 15.0. The van der Waals surface area contributed by atoms with Crippen molar-refractivity contribution in [2.75, 3.05) is 0 Å². The number of fused-ring (bicyclic) bond motifs is 8. The second-order valence-corrected chi connectivity index (χ2v) is 12.6. The van der Waals surface area contributed by atoms with E-state index in [2.05, 4.69) is 158 Å². The second-order valence-electron chi connectivity index (χ2n) is 12.6. The first-order valence-corrected chi connectivity index (χ1v) is 15.9. The Morgan fingerprint density at radius 1 is 0.522 bits per heavy atom. The molecule has 0 spiro atoms. The van der Waals surface area contributed by atoms with Gasteiger partial charge in [0.25, 0.3) is 0 Å². The molecule has 2 aromatic heterocycles. The molecular weight excluding hydrogens is 558 g/mol. The van der Waals surface area contributed by atoms with E-state index >= 15 is 0 Å². The third-order valence-corrected chi connectivity index (χ3v) is 9.62. The van der Waals surface area contributed by atoms with E-state index in [-0.39, 0.29) is 5.41 Å². The van der Waals surface area contributed by atoms with Crippen LogP contribution in [0.4, 0.5) is 0 Å². The Morgan fingerprint density at radius 3 is 1.93 bits per heavy atom. The van der Waals surface area contributed by atoms with Crippen LogP contribution in [0.3, 0.4) is 0 Å². The summed E-state index contributed by atoms with van der Waals surface area (Å²) >= 11 is 0. The summed E-state index contributed by atoms with van der Waals surface area (Å²) in [6, 6.07) is 54.1. The molecule has 0 saturated carbocycles. The van der Waals surface area contributed by atoms with E-state index in [1.165, 1.54) is 38.9 Å². The zero-order chi connectivity index (χ0) is 30.8. The van der Waals surface area contributed by atoms with Crippen molar-refractivity contribution in [2.45, 2.75) is 19.3 Å². The number of benzene rings is 6. The van der Waals surface area contributed by atoms with Gasteiger partial charge in [-0.15, -0.1) is 0 Å². The fourth-order valence-corrected chi connectivity index (χ4v) is 7.45. The average molecular weight is 590 g/mol. The van der Waals surface area contributed by atoms with Crippen molar-refractivity contribution in [3.63, 3.8) is 0 Å². The lowest BCUT2D eigenvalue weighted by atomic mass is 9.75. The SMILES string of the molecule is CC1(C)c2ccccc2-c2c(n(-c3ccccc3)c3ccc(-c4nc(-c5ccccc5)c5ccccc5n4)cc23)-c2ccccc21. The molecule has 0 saturated heterocycles. The molecule has 46 heavy (non-hydrogen) atoms. The van der Waals surface area contributed by atoms with E-state index in [9.17, 15) is 0 Å². The number of nitrogens with zero attached hydrogens (tertiary/aromatic N) is 3. The summed E-state index contributed by atoms with van der Waals surface area (Å²) < 4.78 is 2.45. The first-order valence-electron chi connectivity index (χ1n) is 15.9. The van der Waals surface area contributed by atoms with Crippen LogP contribution in [0.15, 0.2) is 152 Å². The minimum atomic E-state index is -0.191. The molecule has 2 heterocycles. The van der Waals surface area contributed by atoms with Crippen molar-refractivity contribution < 1.29 is 0 Å². The third-order valence-electron chi connectivity index (χ3n) is 9.62. The van der Waals surface area contributed by atoms with Gasteiger partial charge in [0.15, 0.2) is 5.82 Å². The van der Waals surface area contributed by atoms with Gasteiger partial charge < -0.3 is 4.57 Å². The van der Waals surface area contributed by atoms with Gasteiger partial charge in [-0.1, -0.05) is 129 Å². The predicted molar refractivity (Wildman–Crippen MR) is 190 cm³/mol. The van der Waals surface area contributed by atoms with Crippen molar-refractivity contribution in [3.8, 4) is 50.7 Å². The molecule has 9 rings (SSSR count). The maximum atomic E-state index is 5.23. The number of para-hydroxylation sites is 2. The van der Waals surface area contributed by atoms with Crippen LogP contribution in [0.2, 0.25) is 0 Å². The highest BCUT2D eigenvalue weighted by molar-refractivity contribution is 6.09. The molecule has 8 aromatic rings. The molecule has 0 amide bonds. The third kappa shape index (κ3) is 3.92. The quantitative estimate of drug-likeness (QED) is 0.205. The molecule has 0 unspecified atom stereocenters. The van der Waals surface area contributed by atoms with E-state index in [0.717, 1.165) is 44.8 Å². The van der Waals surface area contributed by atoms with Crippen molar-refractivity contribution in [2.24, 2.45) is 0 Å². The van der Waals surface area contributed by atoms with Crippen LogP contribution in [0.5, 0.6) is 0 Å². The van der Waals surface area contributed by atoms with E-state index < -0.39 is 0 Å². The lowest BCUT2D eigenvalue weighted by Crippen LogP contribution is -2.20. The molecule has 3 nitrogen and oxygen atoms in total. The van der Waals surface area contributed by atoms with Gasteiger partial charge in [-0.2, -0.15) is 0 Å². The van der Waals surface area contributed by atoms with Crippen molar-refractivity contribution in [1.82, 2.24) is 14.5 Å². The Labute approximate surface area is 268 Å². The maximum Gasteiger partial charge on any atom is 0.160 e. The summed E-state index contributed by atoms with van der Waals surface area (Å²) in [4.78, 5) is 10.3. The Balaban J connectivity index is 1.40. The summed E-state index contributed by atoms with van der Waals surface area (Å²) in [7, 11) is 0. The van der Waals surface area contributed by atoms with Gasteiger partial charge in [-0.3, -0.25) is 0 Å². The maximum absolute atomic E-state index is 5.23. The summed E-state index contributed by atoms with van der Waals surface area (Å²) in [5.41, 5.74) is 13.7. The summed E-state index contributed by atoms with van der Waals surface area (Å²) in [5.74, 6) is 0.725. The zero-order valence-electron chi connectivity index (χ0n) is 25.8. The predicted octanol–water partition coefficient (Wildman–Crippen LogP) is 10.9. The first-order chi connectivity index (χ1) is 22.6. The van der Waals surface area contributed by atoms with Gasteiger partial charge in [-0.25, -0.2) is 9.97 Å². The molecule has 3 heteroatoms. The molecule has 1 aliphatic carbocycles. The minimum absolute atomic E-state index is 0.191. The smallest absolute Gasteiger partial charge is 0.160 e. The Bertz CT molecular complexity index is 2440. The van der Waals surface area contributed by atoms with Crippen LogP contribution in [0, 0.1) is 0 Å². The molecule has 6 aromatic carbocycles. The van der Waals surface area contributed by atoms with Gasteiger partial charge in [0.2, 0.25) is 0 Å². The average Bonchev–Trinajstić information content (AvgIpc) is 3.42. The van der Waals surface area contributed by atoms with Crippen LogP contribution in [-0.2, 0) is 5.41 Å². The molecule has 0 bridgehead atoms. The molecule has 0 atom stereocenters. The lowest BCUT2D eigenvalue weighted by Gasteiger charge is -2.28. The van der Waals surface area contributed by atoms with E-state index in [1.807, 2.05) is 12.1 Å². The Hall–Kier alpha value is -5.80. The molecule has 1 aliphatic rings. The van der Waals surface area contributed by atoms with Crippen molar-refractivity contribution in [3.05, 3.63) is 163 Å². The molecule has 0 fully saturated rings.